The Morgan fingerprint density at radius 3 is 2.74 bits per heavy atom. The maximum Gasteiger partial charge on any atom is 0.276 e. The van der Waals surface area contributed by atoms with Crippen molar-refractivity contribution in [1.29, 1.82) is 0 Å². The van der Waals surface area contributed by atoms with Crippen LogP contribution in [0.1, 0.15) is 79.5 Å². The Bertz CT molecular complexity index is 782. The largest absolute Gasteiger partial charge is 0.497 e. The third-order valence-electron chi connectivity index (χ3n) is 5.92. The summed E-state index contributed by atoms with van der Waals surface area (Å²) in [7, 11) is 1.67. The van der Waals surface area contributed by atoms with Crippen molar-refractivity contribution in [3.8, 4) is 5.75 Å². The van der Waals surface area contributed by atoms with Gasteiger partial charge in [-0.05, 0) is 49.8 Å². The van der Waals surface area contributed by atoms with E-state index in [4.69, 9.17) is 4.74 Å². The lowest BCUT2D eigenvalue weighted by molar-refractivity contribution is 0.0605. The van der Waals surface area contributed by atoms with Crippen molar-refractivity contribution in [3.63, 3.8) is 0 Å². The van der Waals surface area contributed by atoms with Gasteiger partial charge in [0.2, 0.25) is 0 Å². The molecule has 0 spiro atoms. The number of piperidine rings is 1. The van der Waals surface area contributed by atoms with E-state index < -0.39 is 0 Å². The third kappa shape index (κ3) is 3.84. The summed E-state index contributed by atoms with van der Waals surface area (Å²) in [4.78, 5) is 15.2. The Balaban J connectivity index is 1.54. The van der Waals surface area contributed by atoms with Crippen molar-refractivity contribution in [2.45, 2.75) is 63.5 Å². The molecule has 1 unspecified atom stereocenters. The van der Waals surface area contributed by atoms with Crippen molar-refractivity contribution in [2.75, 3.05) is 13.7 Å². The molecular weight excluding hydrogens is 340 g/mol. The van der Waals surface area contributed by atoms with Crippen molar-refractivity contribution >= 4 is 5.91 Å². The molecule has 2 heterocycles. The van der Waals surface area contributed by atoms with Crippen LogP contribution >= 0.6 is 0 Å². The molecule has 1 saturated carbocycles. The number of likely N-dealkylation sites (tertiary alicyclic amines) is 1. The maximum atomic E-state index is 13.2. The van der Waals surface area contributed by atoms with E-state index in [2.05, 4.69) is 16.4 Å². The Labute approximate surface area is 160 Å². The van der Waals surface area contributed by atoms with Crippen LogP contribution in [0.3, 0.4) is 0 Å². The van der Waals surface area contributed by atoms with Gasteiger partial charge < -0.3 is 9.64 Å². The highest BCUT2D eigenvalue weighted by molar-refractivity contribution is 5.92. The van der Waals surface area contributed by atoms with Crippen molar-refractivity contribution in [1.82, 2.24) is 19.9 Å². The van der Waals surface area contributed by atoms with Gasteiger partial charge in [0.25, 0.3) is 5.91 Å². The van der Waals surface area contributed by atoms with E-state index in [1.165, 1.54) is 19.3 Å². The topological polar surface area (TPSA) is 60.2 Å². The molecule has 0 radical (unpaired) electrons. The number of methoxy groups -OCH3 is 1. The van der Waals surface area contributed by atoms with E-state index in [0.717, 1.165) is 50.0 Å². The summed E-state index contributed by atoms with van der Waals surface area (Å²) < 4.78 is 7.28. The van der Waals surface area contributed by atoms with Gasteiger partial charge in [0.05, 0.1) is 25.4 Å². The maximum absolute atomic E-state index is 13.2. The van der Waals surface area contributed by atoms with Gasteiger partial charge in [0.1, 0.15) is 5.75 Å². The standard InChI is InChI=1S/C21H28N4O2/c1-27-18-11-7-8-16(14-18)20-12-5-6-13-24(20)21(26)19-15-25(23-22-19)17-9-3-2-4-10-17/h7-8,11,14-15,17,20H,2-6,9-10,12-13H2,1H3. The number of nitrogens with zero attached hydrogens (tertiary/aromatic N) is 4. The highest BCUT2D eigenvalue weighted by atomic mass is 16.5. The Morgan fingerprint density at radius 1 is 1.11 bits per heavy atom. The first-order chi connectivity index (χ1) is 13.3. The van der Waals surface area contributed by atoms with Gasteiger partial charge in [0, 0.05) is 6.54 Å². The minimum absolute atomic E-state index is 0.00965. The van der Waals surface area contributed by atoms with Gasteiger partial charge in [0.15, 0.2) is 5.69 Å². The van der Waals surface area contributed by atoms with Gasteiger partial charge in [-0.25, -0.2) is 4.68 Å². The summed E-state index contributed by atoms with van der Waals surface area (Å²) in [6, 6.07) is 8.51. The molecule has 2 fully saturated rings. The first-order valence-corrected chi connectivity index (χ1v) is 10.1. The second-order valence-corrected chi connectivity index (χ2v) is 7.66. The second kappa shape index (κ2) is 8.11. The van der Waals surface area contributed by atoms with Crippen molar-refractivity contribution < 1.29 is 9.53 Å². The number of rotatable bonds is 4. The van der Waals surface area contributed by atoms with E-state index in [-0.39, 0.29) is 11.9 Å². The van der Waals surface area contributed by atoms with E-state index in [9.17, 15) is 4.79 Å². The summed E-state index contributed by atoms with van der Waals surface area (Å²) in [5.41, 5.74) is 1.59. The van der Waals surface area contributed by atoms with Crippen LogP contribution in [-0.2, 0) is 0 Å². The predicted molar refractivity (Wildman–Crippen MR) is 103 cm³/mol. The Morgan fingerprint density at radius 2 is 1.93 bits per heavy atom. The molecule has 1 amide bonds. The monoisotopic (exact) mass is 368 g/mol. The fourth-order valence-corrected chi connectivity index (χ4v) is 4.42. The molecule has 1 aliphatic carbocycles. The summed E-state index contributed by atoms with van der Waals surface area (Å²) in [6.45, 7) is 0.761. The molecule has 1 aromatic heterocycles. The Kier molecular flexibility index (Phi) is 5.41. The van der Waals surface area contributed by atoms with Crippen molar-refractivity contribution in [3.05, 3.63) is 41.7 Å². The number of amides is 1. The highest BCUT2D eigenvalue weighted by Gasteiger charge is 2.31. The molecule has 6 nitrogen and oxygen atoms in total. The van der Waals surface area contributed by atoms with Crippen LogP contribution < -0.4 is 4.74 Å². The van der Waals surface area contributed by atoms with Gasteiger partial charge in [-0.15, -0.1) is 5.10 Å². The fourth-order valence-electron chi connectivity index (χ4n) is 4.42. The zero-order valence-electron chi connectivity index (χ0n) is 16.0. The van der Waals surface area contributed by atoms with Crippen LogP contribution in [0.25, 0.3) is 0 Å². The molecule has 1 aliphatic heterocycles. The van der Waals surface area contributed by atoms with E-state index in [1.54, 1.807) is 7.11 Å². The molecule has 6 heteroatoms. The molecule has 1 saturated heterocycles. The van der Waals surface area contributed by atoms with Gasteiger partial charge in [-0.2, -0.15) is 0 Å². The number of ether oxygens (including phenoxy) is 1. The number of aromatic nitrogens is 3. The first-order valence-electron chi connectivity index (χ1n) is 10.1. The molecule has 1 atom stereocenters. The quantitative estimate of drug-likeness (QED) is 0.813. The lowest BCUT2D eigenvalue weighted by Gasteiger charge is -2.35. The molecule has 0 bridgehead atoms. The van der Waals surface area contributed by atoms with Crippen molar-refractivity contribution in [2.24, 2.45) is 0 Å². The van der Waals surface area contributed by atoms with E-state index in [0.29, 0.717) is 11.7 Å². The lowest BCUT2D eigenvalue weighted by Crippen LogP contribution is -2.38. The number of hydrogen-bond donors (Lipinski definition) is 0. The molecule has 2 aliphatic rings. The average molecular weight is 368 g/mol. The first kappa shape index (κ1) is 18.0. The predicted octanol–water partition coefficient (Wildman–Crippen LogP) is 4.16. The molecule has 144 valence electrons. The summed E-state index contributed by atoms with van der Waals surface area (Å²) >= 11 is 0. The van der Waals surface area contributed by atoms with Gasteiger partial charge in [-0.1, -0.05) is 36.6 Å². The molecule has 0 N–H and O–H groups in total. The van der Waals surface area contributed by atoms with Crippen LogP contribution in [0, 0.1) is 0 Å². The Hall–Kier alpha value is -2.37. The minimum Gasteiger partial charge on any atom is -0.497 e. The summed E-state index contributed by atoms with van der Waals surface area (Å²) in [5, 5.41) is 8.51. The third-order valence-corrected chi connectivity index (χ3v) is 5.92. The van der Waals surface area contributed by atoms with Gasteiger partial charge >= 0.3 is 0 Å². The smallest absolute Gasteiger partial charge is 0.276 e. The van der Waals surface area contributed by atoms with Crippen LogP contribution in [0.2, 0.25) is 0 Å². The number of carbonyl (C=O) groups is 1. The molecule has 1 aromatic carbocycles. The SMILES string of the molecule is COc1cccc(C2CCCCN2C(=O)c2cn(C3CCCCC3)nn2)c1. The van der Waals surface area contributed by atoms with E-state index >= 15 is 0 Å². The fraction of sp³-hybridized carbons (Fsp3) is 0.571. The van der Waals surface area contributed by atoms with Crippen LogP contribution in [0.4, 0.5) is 0 Å². The average Bonchev–Trinajstić information content (AvgIpc) is 3.24. The molecule has 27 heavy (non-hydrogen) atoms. The summed E-state index contributed by atoms with van der Waals surface area (Å²) in [6.07, 6.45) is 11.0. The van der Waals surface area contributed by atoms with Crippen LogP contribution in [0.15, 0.2) is 30.5 Å². The zero-order chi connectivity index (χ0) is 18.6. The van der Waals surface area contributed by atoms with Gasteiger partial charge in [-0.3, -0.25) is 4.79 Å². The van der Waals surface area contributed by atoms with E-state index in [1.807, 2.05) is 34.0 Å². The van der Waals surface area contributed by atoms with Crippen LogP contribution in [0.5, 0.6) is 5.75 Å². The number of carbonyl (C=O) groups excluding carboxylic acids is 1. The minimum atomic E-state index is -0.00965. The summed E-state index contributed by atoms with van der Waals surface area (Å²) in [5.74, 6) is 0.818. The molecule has 2 aromatic rings. The second-order valence-electron chi connectivity index (χ2n) is 7.66. The molecular formula is C21H28N4O2. The van der Waals surface area contributed by atoms with Crippen LogP contribution in [-0.4, -0.2) is 39.5 Å². The molecule has 4 rings (SSSR count). The lowest BCUT2D eigenvalue weighted by atomic mass is 9.94. The zero-order valence-corrected chi connectivity index (χ0v) is 16.0. The highest BCUT2D eigenvalue weighted by Crippen LogP contribution is 2.34. The normalized spacial score (nSPS) is 21.2. The number of benzene rings is 1. The number of hydrogen-bond acceptors (Lipinski definition) is 4.